The summed E-state index contributed by atoms with van der Waals surface area (Å²) in [5, 5.41) is 4.29. The summed E-state index contributed by atoms with van der Waals surface area (Å²) < 4.78 is 0. The zero-order chi connectivity index (χ0) is 11.5. The Kier molecular flexibility index (Phi) is 3.88. The number of nitrogens with one attached hydrogen (secondary N) is 1. The van der Waals surface area contributed by atoms with Gasteiger partial charge in [-0.25, -0.2) is 0 Å². The van der Waals surface area contributed by atoms with Gasteiger partial charge < -0.3 is 5.32 Å². The van der Waals surface area contributed by atoms with Gasteiger partial charge >= 0.3 is 0 Å². The second-order valence-electron chi connectivity index (χ2n) is 5.06. The van der Waals surface area contributed by atoms with Crippen molar-refractivity contribution in [2.45, 2.75) is 32.6 Å². The second kappa shape index (κ2) is 5.20. The minimum atomic E-state index is 0.585. The summed E-state index contributed by atoms with van der Waals surface area (Å²) in [4.78, 5) is 0. The van der Waals surface area contributed by atoms with Crippen molar-refractivity contribution in [1.82, 2.24) is 5.32 Å². The van der Waals surface area contributed by atoms with Gasteiger partial charge in [0.25, 0.3) is 0 Å². The van der Waals surface area contributed by atoms with Gasteiger partial charge in [-0.05, 0) is 61.0 Å². The lowest BCUT2D eigenvalue weighted by Crippen LogP contribution is -2.12. The van der Waals surface area contributed by atoms with Crippen LogP contribution in [0.5, 0.6) is 0 Å². The Morgan fingerprint density at radius 1 is 1.44 bits per heavy atom. The van der Waals surface area contributed by atoms with E-state index in [4.69, 9.17) is 11.6 Å². The minimum absolute atomic E-state index is 0.585. The number of rotatable bonds is 3. The molecule has 1 nitrogen and oxygen atoms in total. The maximum absolute atomic E-state index is 6.09. The lowest BCUT2D eigenvalue weighted by molar-refractivity contribution is 0.575. The molecule has 1 aromatic carbocycles. The topological polar surface area (TPSA) is 12.0 Å². The van der Waals surface area contributed by atoms with Gasteiger partial charge in [0.2, 0.25) is 0 Å². The summed E-state index contributed by atoms with van der Waals surface area (Å²) in [6, 6.07) is 6.34. The van der Waals surface area contributed by atoms with Crippen molar-refractivity contribution >= 4 is 11.6 Å². The normalized spacial score (nSPS) is 20.6. The highest BCUT2D eigenvalue weighted by molar-refractivity contribution is 6.30. The molecule has 0 spiro atoms. The maximum Gasteiger partial charge on any atom is 0.0408 e. The fourth-order valence-corrected chi connectivity index (χ4v) is 2.71. The van der Waals surface area contributed by atoms with Gasteiger partial charge in [-0.15, -0.1) is 0 Å². The standard InChI is InChI=1S/C14H20ClN/c1-10(2)14-4-3-13(15)8-12(14)7-11-5-6-16-9-11/h3-4,8,10-11,16H,5-7,9H2,1-2H3. The van der Waals surface area contributed by atoms with Crippen LogP contribution in [0.25, 0.3) is 0 Å². The summed E-state index contributed by atoms with van der Waals surface area (Å²) in [7, 11) is 0. The van der Waals surface area contributed by atoms with Gasteiger partial charge in [0.05, 0.1) is 0 Å². The number of benzene rings is 1. The average molecular weight is 238 g/mol. The predicted molar refractivity (Wildman–Crippen MR) is 70.2 cm³/mol. The highest BCUT2D eigenvalue weighted by Gasteiger charge is 2.17. The van der Waals surface area contributed by atoms with Crippen molar-refractivity contribution in [1.29, 1.82) is 0 Å². The van der Waals surface area contributed by atoms with Crippen molar-refractivity contribution in [2.24, 2.45) is 5.92 Å². The van der Waals surface area contributed by atoms with Crippen molar-refractivity contribution < 1.29 is 0 Å². The first-order valence-electron chi connectivity index (χ1n) is 6.16. The molecule has 16 heavy (non-hydrogen) atoms. The van der Waals surface area contributed by atoms with E-state index < -0.39 is 0 Å². The lowest BCUT2D eigenvalue weighted by Gasteiger charge is -2.16. The van der Waals surface area contributed by atoms with Crippen LogP contribution in [-0.4, -0.2) is 13.1 Å². The first-order chi connectivity index (χ1) is 7.66. The molecule has 1 unspecified atom stereocenters. The second-order valence-corrected chi connectivity index (χ2v) is 5.50. The Labute approximate surface area is 103 Å². The van der Waals surface area contributed by atoms with Gasteiger partial charge in [0, 0.05) is 5.02 Å². The summed E-state index contributed by atoms with van der Waals surface area (Å²) in [6.45, 7) is 6.82. The van der Waals surface area contributed by atoms with Crippen LogP contribution in [0.3, 0.4) is 0 Å². The molecule has 0 aliphatic carbocycles. The Morgan fingerprint density at radius 3 is 2.88 bits per heavy atom. The average Bonchev–Trinajstić information content (AvgIpc) is 2.70. The van der Waals surface area contributed by atoms with Crippen LogP contribution in [-0.2, 0) is 6.42 Å². The molecule has 1 aromatic rings. The quantitative estimate of drug-likeness (QED) is 0.847. The Hall–Kier alpha value is -0.530. The Morgan fingerprint density at radius 2 is 2.25 bits per heavy atom. The molecule has 1 atom stereocenters. The zero-order valence-corrected chi connectivity index (χ0v) is 10.8. The maximum atomic E-state index is 6.09. The van der Waals surface area contributed by atoms with E-state index in [9.17, 15) is 0 Å². The van der Waals surface area contributed by atoms with Gasteiger partial charge in [-0.3, -0.25) is 0 Å². The van der Waals surface area contributed by atoms with Crippen LogP contribution in [0, 0.1) is 5.92 Å². The smallest absolute Gasteiger partial charge is 0.0408 e. The zero-order valence-electron chi connectivity index (χ0n) is 10.1. The van der Waals surface area contributed by atoms with Crippen LogP contribution >= 0.6 is 11.6 Å². The van der Waals surface area contributed by atoms with E-state index in [1.165, 1.54) is 30.5 Å². The molecule has 1 saturated heterocycles. The molecule has 2 rings (SSSR count). The fraction of sp³-hybridized carbons (Fsp3) is 0.571. The van der Waals surface area contributed by atoms with Crippen LogP contribution in [0.4, 0.5) is 0 Å². The summed E-state index contributed by atoms with van der Waals surface area (Å²) in [5.41, 5.74) is 2.90. The van der Waals surface area contributed by atoms with Crippen LogP contribution in [0.2, 0.25) is 5.02 Å². The molecule has 0 saturated carbocycles. The monoisotopic (exact) mass is 237 g/mol. The molecule has 2 heteroatoms. The van der Waals surface area contributed by atoms with Crippen molar-refractivity contribution in [3.8, 4) is 0 Å². The predicted octanol–water partition coefficient (Wildman–Crippen LogP) is 3.62. The molecule has 1 aliphatic rings. The van der Waals surface area contributed by atoms with E-state index in [0.717, 1.165) is 17.5 Å². The van der Waals surface area contributed by atoms with E-state index >= 15 is 0 Å². The molecule has 0 bridgehead atoms. The largest absolute Gasteiger partial charge is 0.316 e. The van der Waals surface area contributed by atoms with Crippen molar-refractivity contribution in [3.05, 3.63) is 34.3 Å². The molecule has 0 radical (unpaired) electrons. The molecule has 1 fully saturated rings. The molecule has 88 valence electrons. The number of hydrogen-bond donors (Lipinski definition) is 1. The minimum Gasteiger partial charge on any atom is -0.316 e. The van der Waals surface area contributed by atoms with Crippen LogP contribution < -0.4 is 5.32 Å². The molecule has 1 heterocycles. The van der Waals surface area contributed by atoms with Gasteiger partial charge in [-0.1, -0.05) is 31.5 Å². The van der Waals surface area contributed by atoms with Crippen molar-refractivity contribution in [2.75, 3.05) is 13.1 Å². The molecular formula is C14H20ClN. The summed E-state index contributed by atoms with van der Waals surface area (Å²) in [5.74, 6) is 1.37. The first kappa shape index (κ1) is 11.9. The van der Waals surface area contributed by atoms with E-state index in [1.54, 1.807) is 0 Å². The summed E-state index contributed by atoms with van der Waals surface area (Å²) >= 11 is 6.09. The lowest BCUT2D eigenvalue weighted by atomic mass is 9.90. The van der Waals surface area contributed by atoms with E-state index in [2.05, 4.69) is 31.3 Å². The third-order valence-electron chi connectivity index (χ3n) is 3.40. The van der Waals surface area contributed by atoms with E-state index in [-0.39, 0.29) is 0 Å². The van der Waals surface area contributed by atoms with E-state index in [1.807, 2.05) is 6.07 Å². The number of halogens is 1. The third kappa shape index (κ3) is 2.78. The molecular weight excluding hydrogens is 218 g/mol. The molecule has 1 N–H and O–H groups in total. The molecule has 0 amide bonds. The Bertz CT molecular complexity index is 354. The van der Waals surface area contributed by atoms with Gasteiger partial charge in [0.15, 0.2) is 0 Å². The molecule has 1 aliphatic heterocycles. The SMILES string of the molecule is CC(C)c1ccc(Cl)cc1CC1CCNC1. The first-order valence-corrected chi connectivity index (χ1v) is 6.53. The van der Waals surface area contributed by atoms with Crippen LogP contribution in [0.1, 0.15) is 37.3 Å². The fourth-order valence-electron chi connectivity index (χ4n) is 2.51. The Balaban J connectivity index is 2.19. The van der Waals surface area contributed by atoms with Crippen molar-refractivity contribution in [3.63, 3.8) is 0 Å². The third-order valence-corrected chi connectivity index (χ3v) is 3.63. The highest BCUT2D eigenvalue weighted by atomic mass is 35.5. The van der Waals surface area contributed by atoms with Crippen LogP contribution in [0.15, 0.2) is 18.2 Å². The molecule has 0 aromatic heterocycles. The van der Waals surface area contributed by atoms with E-state index in [0.29, 0.717) is 5.92 Å². The van der Waals surface area contributed by atoms with Gasteiger partial charge in [0.1, 0.15) is 0 Å². The highest BCUT2D eigenvalue weighted by Crippen LogP contribution is 2.26. The number of hydrogen-bond acceptors (Lipinski definition) is 1. The summed E-state index contributed by atoms with van der Waals surface area (Å²) in [6.07, 6.45) is 2.46. The van der Waals surface area contributed by atoms with Gasteiger partial charge in [-0.2, -0.15) is 0 Å².